The minimum Gasteiger partial charge on any atom is -0.396 e. The van der Waals surface area contributed by atoms with Gasteiger partial charge in [-0.05, 0) is 25.2 Å². The van der Waals surface area contributed by atoms with Gasteiger partial charge in [-0.1, -0.05) is 84.0 Å². The third-order valence-electron chi connectivity index (χ3n) is 5.62. The van der Waals surface area contributed by atoms with E-state index in [2.05, 4.69) is 6.92 Å². The summed E-state index contributed by atoms with van der Waals surface area (Å²) < 4.78 is 0. The van der Waals surface area contributed by atoms with Crippen LogP contribution in [-0.2, 0) is 4.79 Å². The second-order valence-electron chi connectivity index (χ2n) is 8.02. The molecule has 0 aromatic carbocycles. The molecule has 3 heteroatoms. The molecule has 1 amide bonds. The van der Waals surface area contributed by atoms with E-state index in [9.17, 15) is 9.90 Å². The molecule has 0 spiro atoms. The Morgan fingerprint density at radius 1 is 0.880 bits per heavy atom. The standard InChI is InChI=1S/C22H43NO2/c1-2-3-4-5-6-7-8-9-10-11-12-13-14-17-22(25)23-18-15-16-21(19-23)20-24/h21,24H,2-20H2,1H3. The molecule has 1 unspecified atom stereocenters. The average Bonchev–Trinajstić information content (AvgIpc) is 2.65. The van der Waals surface area contributed by atoms with Gasteiger partial charge in [-0.15, -0.1) is 0 Å². The van der Waals surface area contributed by atoms with Crippen molar-refractivity contribution in [3.05, 3.63) is 0 Å². The monoisotopic (exact) mass is 353 g/mol. The number of nitrogens with zero attached hydrogens (tertiary/aromatic N) is 1. The number of carbonyl (C=O) groups is 1. The highest BCUT2D eigenvalue weighted by Gasteiger charge is 2.22. The van der Waals surface area contributed by atoms with E-state index in [-0.39, 0.29) is 6.61 Å². The van der Waals surface area contributed by atoms with Crippen LogP contribution in [0, 0.1) is 5.92 Å². The van der Waals surface area contributed by atoms with Gasteiger partial charge in [0.05, 0.1) is 0 Å². The molecule has 148 valence electrons. The lowest BCUT2D eigenvalue weighted by Crippen LogP contribution is -2.40. The first-order valence-corrected chi connectivity index (χ1v) is 11.2. The van der Waals surface area contributed by atoms with E-state index in [0.29, 0.717) is 18.2 Å². The molecule has 0 aromatic heterocycles. The van der Waals surface area contributed by atoms with Gasteiger partial charge < -0.3 is 10.0 Å². The van der Waals surface area contributed by atoms with Crippen LogP contribution in [-0.4, -0.2) is 35.6 Å². The number of aliphatic hydroxyl groups excluding tert-OH is 1. The Morgan fingerprint density at radius 2 is 1.40 bits per heavy atom. The third kappa shape index (κ3) is 11.6. The largest absolute Gasteiger partial charge is 0.396 e. The minimum absolute atomic E-state index is 0.225. The van der Waals surface area contributed by atoms with Crippen LogP contribution in [0.5, 0.6) is 0 Å². The molecule has 1 heterocycles. The van der Waals surface area contributed by atoms with Crippen LogP contribution in [0.15, 0.2) is 0 Å². The maximum atomic E-state index is 12.2. The van der Waals surface area contributed by atoms with E-state index in [1.165, 1.54) is 77.0 Å². The number of hydrogen-bond acceptors (Lipinski definition) is 2. The summed E-state index contributed by atoms with van der Waals surface area (Å²) in [5.74, 6) is 0.616. The van der Waals surface area contributed by atoms with Crippen molar-refractivity contribution in [1.29, 1.82) is 0 Å². The van der Waals surface area contributed by atoms with E-state index in [0.717, 1.165) is 32.4 Å². The Balaban J connectivity index is 1.84. The maximum Gasteiger partial charge on any atom is 0.222 e. The predicted octanol–water partition coefficient (Wildman–Crippen LogP) is 5.70. The molecule has 0 bridgehead atoms. The lowest BCUT2D eigenvalue weighted by molar-refractivity contribution is -0.133. The highest BCUT2D eigenvalue weighted by molar-refractivity contribution is 5.76. The predicted molar refractivity (Wildman–Crippen MR) is 107 cm³/mol. The minimum atomic E-state index is 0.225. The van der Waals surface area contributed by atoms with E-state index in [1.54, 1.807) is 0 Å². The summed E-state index contributed by atoms with van der Waals surface area (Å²) in [5.41, 5.74) is 0. The van der Waals surface area contributed by atoms with E-state index in [4.69, 9.17) is 0 Å². The summed E-state index contributed by atoms with van der Waals surface area (Å²) in [7, 11) is 0. The van der Waals surface area contributed by atoms with Gasteiger partial charge in [0.2, 0.25) is 5.91 Å². The maximum absolute atomic E-state index is 12.2. The number of rotatable bonds is 15. The number of aliphatic hydroxyl groups is 1. The molecule has 0 radical (unpaired) electrons. The number of unbranched alkanes of at least 4 members (excludes halogenated alkanes) is 12. The smallest absolute Gasteiger partial charge is 0.222 e. The number of hydrogen-bond donors (Lipinski definition) is 1. The van der Waals surface area contributed by atoms with Crippen molar-refractivity contribution in [2.24, 2.45) is 5.92 Å². The zero-order valence-corrected chi connectivity index (χ0v) is 16.8. The summed E-state index contributed by atoms with van der Waals surface area (Å²) in [6, 6.07) is 0. The van der Waals surface area contributed by atoms with Crippen LogP contribution in [0.4, 0.5) is 0 Å². The molecular weight excluding hydrogens is 310 g/mol. The Kier molecular flexibility index (Phi) is 14.1. The number of amides is 1. The normalized spacial score (nSPS) is 17.8. The molecule has 1 rings (SSSR count). The number of likely N-dealkylation sites (tertiary alicyclic amines) is 1. The van der Waals surface area contributed by atoms with Crippen molar-refractivity contribution >= 4 is 5.91 Å². The molecule has 25 heavy (non-hydrogen) atoms. The molecule has 0 aliphatic carbocycles. The van der Waals surface area contributed by atoms with Gasteiger partial charge in [-0.2, -0.15) is 0 Å². The van der Waals surface area contributed by atoms with Crippen LogP contribution < -0.4 is 0 Å². The SMILES string of the molecule is CCCCCCCCCCCCCCCC(=O)N1CCCC(CO)C1. The van der Waals surface area contributed by atoms with E-state index >= 15 is 0 Å². The van der Waals surface area contributed by atoms with Gasteiger partial charge in [-0.25, -0.2) is 0 Å². The second-order valence-corrected chi connectivity index (χ2v) is 8.02. The summed E-state index contributed by atoms with van der Waals surface area (Å²) in [6.45, 7) is 4.17. The first kappa shape index (κ1) is 22.5. The average molecular weight is 354 g/mol. The first-order chi connectivity index (χ1) is 12.3. The van der Waals surface area contributed by atoms with Crippen molar-refractivity contribution in [3.63, 3.8) is 0 Å². The fraction of sp³-hybridized carbons (Fsp3) is 0.955. The van der Waals surface area contributed by atoms with Gasteiger partial charge in [0.25, 0.3) is 0 Å². The van der Waals surface area contributed by atoms with Gasteiger partial charge in [0.1, 0.15) is 0 Å². The lowest BCUT2D eigenvalue weighted by Gasteiger charge is -2.32. The molecule has 0 saturated carbocycles. The van der Waals surface area contributed by atoms with Crippen LogP contribution in [0.25, 0.3) is 0 Å². The van der Waals surface area contributed by atoms with E-state index in [1.807, 2.05) is 4.90 Å². The fourth-order valence-electron chi connectivity index (χ4n) is 3.89. The molecule has 0 aromatic rings. The van der Waals surface area contributed by atoms with Crippen molar-refractivity contribution in [2.75, 3.05) is 19.7 Å². The number of piperidine rings is 1. The molecule has 1 saturated heterocycles. The molecule has 3 nitrogen and oxygen atoms in total. The van der Waals surface area contributed by atoms with Gasteiger partial charge in [0.15, 0.2) is 0 Å². The highest BCUT2D eigenvalue weighted by atomic mass is 16.3. The Bertz CT molecular complexity index is 319. The summed E-state index contributed by atoms with van der Waals surface area (Å²) in [4.78, 5) is 14.2. The van der Waals surface area contributed by atoms with Crippen molar-refractivity contribution < 1.29 is 9.90 Å². The Hall–Kier alpha value is -0.570. The molecule has 1 atom stereocenters. The van der Waals surface area contributed by atoms with Crippen LogP contribution in [0.3, 0.4) is 0 Å². The zero-order valence-electron chi connectivity index (χ0n) is 16.8. The second kappa shape index (κ2) is 15.7. The van der Waals surface area contributed by atoms with E-state index < -0.39 is 0 Å². The van der Waals surface area contributed by atoms with Crippen molar-refractivity contribution in [1.82, 2.24) is 4.90 Å². The third-order valence-corrected chi connectivity index (χ3v) is 5.62. The summed E-state index contributed by atoms with van der Waals surface area (Å²) in [6.07, 6.45) is 20.3. The fourth-order valence-corrected chi connectivity index (χ4v) is 3.89. The zero-order chi connectivity index (χ0) is 18.2. The molecule has 1 fully saturated rings. The highest BCUT2D eigenvalue weighted by Crippen LogP contribution is 2.18. The van der Waals surface area contributed by atoms with Gasteiger partial charge in [0, 0.05) is 26.1 Å². The van der Waals surface area contributed by atoms with Crippen molar-refractivity contribution in [2.45, 2.75) is 110 Å². The molecule has 1 N–H and O–H groups in total. The van der Waals surface area contributed by atoms with Crippen LogP contribution in [0.1, 0.15) is 110 Å². The van der Waals surface area contributed by atoms with Gasteiger partial charge >= 0.3 is 0 Å². The van der Waals surface area contributed by atoms with Gasteiger partial charge in [-0.3, -0.25) is 4.79 Å². The quantitative estimate of drug-likeness (QED) is 0.384. The van der Waals surface area contributed by atoms with Crippen molar-refractivity contribution in [3.8, 4) is 0 Å². The number of carbonyl (C=O) groups excluding carboxylic acids is 1. The Labute approximate surface area is 156 Å². The lowest BCUT2D eigenvalue weighted by atomic mass is 9.98. The summed E-state index contributed by atoms with van der Waals surface area (Å²) >= 11 is 0. The Morgan fingerprint density at radius 3 is 1.92 bits per heavy atom. The first-order valence-electron chi connectivity index (χ1n) is 11.2. The molecule has 1 aliphatic heterocycles. The summed E-state index contributed by atoms with van der Waals surface area (Å²) in [5, 5.41) is 9.25. The topological polar surface area (TPSA) is 40.5 Å². The van der Waals surface area contributed by atoms with Crippen LogP contribution >= 0.6 is 0 Å². The molecule has 1 aliphatic rings. The molecular formula is C22H43NO2. The van der Waals surface area contributed by atoms with Crippen LogP contribution in [0.2, 0.25) is 0 Å².